The quantitative estimate of drug-likeness (QED) is 0.0807. The van der Waals surface area contributed by atoms with E-state index in [-0.39, 0.29) is 51.4 Å². The molecular weight excluding hydrogens is 1250 g/mol. The molecule has 81 heavy (non-hydrogen) atoms. The topological polar surface area (TPSA) is 236 Å². The van der Waals surface area contributed by atoms with Gasteiger partial charge in [0.25, 0.3) is 30.6 Å². The van der Waals surface area contributed by atoms with Crippen molar-refractivity contribution in [3.05, 3.63) is 192 Å². The smallest absolute Gasteiger partial charge is 0.280 e. The zero-order valence-corrected chi connectivity index (χ0v) is 49.3. The molecule has 3 fully saturated rings. The number of carbonyl (C=O) groups is 3. The Bertz CT molecular complexity index is 3340. The number of nitrogens with zero attached hydrogens (tertiary/aromatic N) is 3. The van der Waals surface area contributed by atoms with Crippen molar-refractivity contribution in [2.75, 3.05) is 37.1 Å². The van der Waals surface area contributed by atoms with Crippen molar-refractivity contribution in [2.24, 2.45) is 0 Å². The van der Waals surface area contributed by atoms with Crippen LogP contribution < -0.4 is 30.1 Å². The summed E-state index contributed by atoms with van der Waals surface area (Å²) in [5.74, 6) is -3.47. The van der Waals surface area contributed by atoms with Gasteiger partial charge in [0.15, 0.2) is 0 Å². The minimum atomic E-state index is -3.88. The summed E-state index contributed by atoms with van der Waals surface area (Å²) in [5, 5.41) is 8.71. The standard InChI is InChI=1S/3C17H16Cl2FN3O3S/c3*1-23-16(17(24)21-12-5-6-14(20)13(19)8-12)9-15(22-27(23,25)26)10-3-2-4-11(18)7-10/h3*2-8,15-16,22H,9H2,1H3,(H,21,24)/t2*15-,16+;/m10./s1. The van der Waals surface area contributed by atoms with E-state index in [1.165, 1.54) is 57.5 Å². The van der Waals surface area contributed by atoms with Gasteiger partial charge in [0.2, 0.25) is 17.7 Å². The van der Waals surface area contributed by atoms with Gasteiger partial charge in [-0.15, -0.1) is 0 Å². The van der Waals surface area contributed by atoms with E-state index in [2.05, 4.69) is 30.1 Å². The van der Waals surface area contributed by atoms with Crippen LogP contribution in [0.15, 0.2) is 127 Å². The number of halogens is 9. The van der Waals surface area contributed by atoms with Gasteiger partial charge < -0.3 is 16.0 Å². The van der Waals surface area contributed by atoms with Crippen LogP contribution in [0, 0.1) is 17.5 Å². The van der Waals surface area contributed by atoms with E-state index in [0.29, 0.717) is 31.8 Å². The highest BCUT2D eigenvalue weighted by Crippen LogP contribution is 2.34. The molecule has 2 unspecified atom stereocenters. The first kappa shape index (κ1) is 63.5. The molecule has 9 rings (SSSR count). The van der Waals surface area contributed by atoms with E-state index in [0.717, 1.165) is 31.1 Å². The average Bonchev–Trinajstić information content (AvgIpc) is 3.55. The van der Waals surface area contributed by atoms with Crippen LogP contribution in [0.5, 0.6) is 0 Å². The highest BCUT2D eigenvalue weighted by Gasteiger charge is 2.43. The van der Waals surface area contributed by atoms with Crippen molar-refractivity contribution in [3.8, 4) is 0 Å². The Morgan fingerprint density at radius 3 is 0.889 bits per heavy atom. The molecule has 6 N–H and O–H groups in total. The van der Waals surface area contributed by atoms with Crippen LogP contribution in [-0.2, 0) is 45.0 Å². The summed E-state index contributed by atoms with van der Waals surface area (Å²) in [7, 11) is -7.69. The molecule has 3 amide bonds. The van der Waals surface area contributed by atoms with Gasteiger partial charge >= 0.3 is 0 Å². The summed E-state index contributed by atoms with van der Waals surface area (Å²) in [5.41, 5.74) is 2.78. The fraction of sp³-hybridized carbons (Fsp3) is 0.235. The Kier molecular flexibility index (Phi) is 20.9. The number of amides is 3. The summed E-state index contributed by atoms with van der Waals surface area (Å²) in [6.45, 7) is 0. The second-order valence-electron chi connectivity index (χ2n) is 18.3. The summed E-state index contributed by atoms with van der Waals surface area (Å²) >= 11 is 35.1. The van der Waals surface area contributed by atoms with Gasteiger partial charge in [0.05, 0.1) is 15.1 Å². The van der Waals surface area contributed by atoms with Gasteiger partial charge in [-0.3, -0.25) is 14.4 Å². The maximum Gasteiger partial charge on any atom is 0.280 e. The Morgan fingerprint density at radius 1 is 0.420 bits per heavy atom. The summed E-state index contributed by atoms with van der Waals surface area (Å²) in [6.07, 6.45) is 0.574. The Labute approximate surface area is 495 Å². The number of anilines is 3. The lowest BCUT2D eigenvalue weighted by Gasteiger charge is -2.36. The predicted octanol–water partition coefficient (Wildman–Crippen LogP) is 10.1. The van der Waals surface area contributed by atoms with Crippen LogP contribution in [0.4, 0.5) is 30.2 Å². The van der Waals surface area contributed by atoms with E-state index in [4.69, 9.17) is 69.6 Å². The fourth-order valence-corrected chi connectivity index (χ4v) is 13.5. The van der Waals surface area contributed by atoms with Gasteiger partial charge in [-0.05, 0) is 127 Å². The fourth-order valence-electron chi connectivity index (χ4n) is 8.55. The largest absolute Gasteiger partial charge is 0.325 e. The van der Waals surface area contributed by atoms with Crippen LogP contribution in [0.2, 0.25) is 30.1 Å². The SMILES string of the molecule is CN1C(C(=O)Nc2ccc(F)c(Cl)c2)CC(c2cccc(Cl)c2)NS1(=O)=O.CN1[C@@H](C(=O)Nc2ccc(F)c(Cl)c2)C[C@@H](c2cccc(Cl)c2)NS1(=O)=O.CN1[C@H](C(=O)Nc2ccc(F)c(Cl)c2)C[C@H](c2cccc(Cl)c2)NS1(=O)=O. The number of rotatable bonds is 9. The Hall–Kier alpha value is -5.13. The van der Waals surface area contributed by atoms with Crippen LogP contribution in [0.3, 0.4) is 0 Å². The second-order valence-corrected chi connectivity index (χ2v) is 26.2. The minimum Gasteiger partial charge on any atom is -0.325 e. The first-order valence-corrected chi connectivity index (χ1v) is 30.4. The van der Waals surface area contributed by atoms with Crippen molar-refractivity contribution in [3.63, 3.8) is 0 Å². The van der Waals surface area contributed by atoms with Crippen LogP contribution in [-0.4, -0.2) is 95.2 Å². The van der Waals surface area contributed by atoms with Crippen LogP contribution in [0.25, 0.3) is 0 Å². The Morgan fingerprint density at radius 2 is 0.667 bits per heavy atom. The summed E-state index contributed by atoms with van der Waals surface area (Å²) in [4.78, 5) is 38.1. The summed E-state index contributed by atoms with van der Waals surface area (Å²) in [6, 6.07) is 26.8. The van der Waals surface area contributed by atoms with Crippen molar-refractivity contribution in [1.29, 1.82) is 0 Å². The molecule has 0 spiro atoms. The third-order valence-corrected chi connectivity index (χ3v) is 19.3. The van der Waals surface area contributed by atoms with Crippen molar-refractivity contribution in [1.82, 2.24) is 27.1 Å². The zero-order chi connectivity index (χ0) is 59.3. The Balaban J connectivity index is 0.000000175. The zero-order valence-electron chi connectivity index (χ0n) is 42.4. The number of benzene rings is 6. The second kappa shape index (κ2) is 26.6. The molecular formula is C51H48Cl6F3N9O9S3. The maximum absolute atomic E-state index is 13.3. The molecule has 0 aromatic heterocycles. The van der Waals surface area contributed by atoms with Crippen LogP contribution >= 0.6 is 69.6 Å². The molecule has 0 aliphatic carbocycles. The molecule has 3 aliphatic heterocycles. The van der Waals surface area contributed by atoms with Crippen LogP contribution in [0.1, 0.15) is 54.1 Å². The first-order valence-electron chi connectivity index (χ1n) is 23.8. The van der Waals surface area contributed by atoms with Gasteiger partial charge in [0, 0.05) is 71.4 Å². The highest BCUT2D eigenvalue weighted by atomic mass is 35.5. The molecule has 6 aromatic rings. The average molecular weight is 1300 g/mol. The van der Waals surface area contributed by atoms with E-state index in [1.54, 1.807) is 72.8 Å². The normalized spacial score (nSPS) is 22.4. The lowest BCUT2D eigenvalue weighted by molar-refractivity contribution is -0.120. The predicted molar refractivity (Wildman–Crippen MR) is 307 cm³/mol. The lowest BCUT2D eigenvalue weighted by Crippen LogP contribution is -2.55. The highest BCUT2D eigenvalue weighted by molar-refractivity contribution is 7.87. The van der Waals surface area contributed by atoms with Gasteiger partial charge in [-0.1, -0.05) is 106 Å². The number of carbonyl (C=O) groups excluding carboxylic acids is 3. The van der Waals surface area contributed by atoms with Gasteiger partial charge in [0.1, 0.15) is 35.6 Å². The van der Waals surface area contributed by atoms with E-state index in [1.807, 2.05) is 0 Å². The molecule has 6 atom stereocenters. The number of hydrogen-bond donors (Lipinski definition) is 6. The monoisotopic (exact) mass is 1290 g/mol. The molecule has 0 radical (unpaired) electrons. The first-order chi connectivity index (χ1) is 38.0. The van der Waals surface area contributed by atoms with E-state index < -0.39 is 102 Å². The van der Waals surface area contributed by atoms with Gasteiger partial charge in [-0.25, -0.2) is 13.2 Å². The molecule has 3 heterocycles. The van der Waals surface area contributed by atoms with E-state index in [9.17, 15) is 52.8 Å². The van der Waals surface area contributed by atoms with E-state index >= 15 is 0 Å². The molecule has 3 saturated heterocycles. The summed E-state index contributed by atoms with van der Waals surface area (Å²) < 4.78 is 125. The maximum atomic E-state index is 13.3. The molecule has 6 aromatic carbocycles. The number of hydrogen-bond acceptors (Lipinski definition) is 9. The molecule has 0 bridgehead atoms. The molecule has 30 heteroatoms. The van der Waals surface area contributed by atoms with Gasteiger partial charge in [-0.2, -0.15) is 52.3 Å². The number of likely N-dealkylation sites (N-methyl/N-ethyl adjacent to an activating group) is 3. The number of nitrogens with one attached hydrogen (secondary N) is 6. The molecule has 3 aliphatic rings. The molecule has 0 saturated carbocycles. The van der Waals surface area contributed by atoms with Crippen molar-refractivity contribution >= 4 is 135 Å². The van der Waals surface area contributed by atoms with Crippen molar-refractivity contribution in [2.45, 2.75) is 55.5 Å². The van der Waals surface area contributed by atoms with Crippen molar-refractivity contribution < 1.29 is 52.8 Å². The third-order valence-electron chi connectivity index (χ3n) is 12.9. The molecule has 432 valence electrons. The minimum absolute atomic E-state index is 0.143. The third kappa shape index (κ3) is 16.2. The lowest BCUT2D eigenvalue weighted by atomic mass is 9.99. The molecule has 18 nitrogen and oxygen atoms in total.